The van der Waals surface area contributed by atoms with Crippen LogP contribution < -0.4 is 8.92 Å². The van der Waals surface area contributed by atoms with Gasteiger partial charge >= 0.3 is 10.1 Å². The molecular weight excluding hydrogens is 484 g/mol. The van der Waals surface area contributed by atoms with Crippen LogP contribution in [0.25, 0.3) is 11.1 Å². The van der Waals surface area contributed by atoms with Crippen molar-refractivity contribution in [1.82, 2.24) is 0 Å². The lowest BCUT2D eigenvalue weighted by atomic mass is 9.78. The molecule has 3 aromatic carbocycles. The molecule has 6 heteroatoms. The molecule has 0 aliphatic rings. The highest BCUT2D eigenvalue weighted by Gasteiger charge is 2.32. The van der Waals surface area contributed by atoms with E-state index in [2.05, 4.69) is 20.8 Å². The van der Waals surface area contributed by atoms with Gasteiger partial charge in [0.15, 0.2) is 5.75 Å². The summed E-state index contributed by atoms with van der Waals surface area (Å²) in [4.78, 5) is 0.0258. The first-order valence-corrected chi connectivity index (χ1v) is 13.9. The van der Waals surface area contributed by atoms with E-state index in [0.29, 0.717) is 16.9 Å². The molecule has 0 aromatic heterocycles. The van der Waals surface area contributed by atoms with Crippen molar-refractivity contribution < 1.29 is 22.4 Å². The van der Waals surface area contributed by atoms with Gasteiger partial charge in [0.1, 0.15) is 16.4 Å². The summed E-state index contributed by atoms with van der Waals surface area (Å²) >= 11 is 0. The molecule has 0 atom stereocenters. The highest BCUT2D eigenvalue weighted by molar-refractivity contribution is 7.87. The van der Waals surface area contributed by atoms with Crippen molar-refractivity contribution in [2.24, 2.45) is 0 Å². The summed E-state index contributed by atoms with van der Waals surface area (Å²) in [5, 5.41) is 11.7. The van der Waals surface area contributed by atoms with E-state index in [9.17, 15) is 13.5 Å². The number of aryl methyl sites for hydroxylation is 2. The summed E-state index contributed by atoms with van der Waals surface area (Å²) in [5.41, 5.74) is 5.75. The SMILES string of the molecule is COc1ccc(S(=O)(=O)Oc2c(C(C)(C)C)cc(C)c(C)c2-c2c(C)c(C)cc(C(C)(C)C)c2O)cc1. The van der Waals surface area contributed by atoms with Crippen molar-refractivity contribution in [2.45, 2.75) is 85.0 Å². The van der Waals surface area contributed by atoms with Crippen molar-refractivity contribution in [3.63, 3.8) is 0 Å². The zero-order chi connectivity index (χ0) is 28.1. The second-order valence-corrected chi connectivity index (χ2v) is 13.4. The van der Waals surface area contributed by atoms with Gasteiger partial charge in [-0.25, -0.2) is 0 Å². The largest absolute Gasteiger partial charge is 0.507 e. The lowest BCUT2D eigenvalue weighted by Crippen LogP contribution is -2.19. The zero-order valence-corrected chi connectivity index (χ0v) is 24.8. The molecule has 1 N–H and O–H groups in total. The second-order valence-electron chi connectivity index (χ2n) is 11.9. The quantitative estimate of drug-likeness (QED) is 0.347. The van der Waals surface area contributed by atoms with Crippen molar-refractivity contribution in [1.29, 1.82) is 0 Å². The number of aromatic hydroxyl groups is 1. The Morgan fingerprint density at radius 2 is 1.19 bits per heavy atom. The van der Waals surface area contributed by atoms with E-state index >= 15 is 0 Å². The van der Waals surface area contributed by atoms with Crippen molar-refractivity contribution >= 4 is 10.1 Å². The van der Waals surface area contributed by atoms with Crippen LogP contribution in [0, 0.1) is 27.7 Å². The highest BCUT2D eigenvalue weighted by atomic mass is 32.2. The van der Waals surface area contributed by atoms with E-state index in [1.54, 1.807) is 12.1 Å². The first kappa shape index (κ1) is 28.6. The summed E-state index contributed by atoms with van der Waals surface area (Å²) in [5.74, 6) is 0.947. The molecule has 0 saturated heterocycles. The Kier molecular flexibility index (Phi) is 7.50. The van der Waals surface area contributed by atoms with E-state index in [-0.39, 0.29) is 21.8 Å². The summed E-state index contributed by atoms with van der Waals surface area (Å²) in [6.07, 6.45) is 0. The zero-order valence-electron chi connectivity index (χ0n) is 24.0. The van der Waals surface area contributed by atoms with Crippen LogP contribution in [0.1, 0.15) is 74.9 Å². The van der Waals surface area contributed by atoms with Gasteiger partial charge in [0.05, 0.1) is 7.11 Å². The summed E-state index contributed by atoms with van der Waals surface area (Å²) < 4.78 is 38.4. The Morgan fingerprint density at radius 1 is 0.730 bits per heavy atom. The Hall–Kier alpha value is -2.99. The number of ether oxygens (including phenoxy) is 1. The van der Waals surface area contributed by atoms with Gasteiger partial charge in [0.25, 0.3) is 0 Å². The third-order valence-corrected chi connectivity index (χ3v) is 8.26. The first-order chi connectivity index (χ1) is 16.9. The number of hydrogen-bond donors (Lipinski definition) is 1. The van der Waals surface area contributed by atoms with Gasteiger partial charge in [-0.1, -0.05) is 53.7 Å². The Morgan fingerprint density at radius 3 is 1.65 bits per heavy atom. The normalized spacial score (nSPS) is 12.5. The van der Waals surface area contributed by atoms with Crippen LogP contribution >= 0.6 is 0 Å². The molecular formula is C31H40O5S. The van der Waals surface area contributed by atoms with Crippen LogP contribution in [-0.2, 0) is 20.9 Å². The summed E-state index contributed by atoms with van der Waals surface area (Å²) in [7, 11) is -2.67. The minimum atomic E-state index is -4.19. The number of phenols is 1. The maximum absolute atomic E-state index is 13.6. The number of hydrogen-bond acceptors (Lipinski definition) is 5. The highest BCUT2D eigenvalue weighted by Crippen LogP contribution is 2.50. The minimum Gasteiger partial charge on any atom is -0.507 e. The van der Waals surface area contributed by atoms with Crippen molar-refractivity contribution in [3.05, 3.63) is 69.8 Å². The molecule has 0 radical (unpaired) electrons. The minimum absolute atomic E-state index is 0.0258. The maximum Gasteiger partial charge on any atom is 0.339 e. The average Bonchev–Trinajstić information content (AvgIpc) is 2.78. The number of rotatable bonds is 5. The van der Waals surface area contributed by atoms with Gasteiger partial charge in [0, 0.05) is 22.3 Å². The molecule has 3 aromatic rings. The fourth-order valence-corrected chi connectivity index (χ4v) is 5.48. The molecule has 37 heavy (non-hydrogen) atoms. The topological polar surface area (TPSA) is 72.8 Å². The molecule has 0 saturated carbocycles. The molecule has 0 bridgehead atoms. The maximum atomic E-state index is 13.6. The predicted octanol–water partition coefficient (Wildman–Crippen LogP) is 7.66. The average molecular weight is 525 g/mol. The molecule has 5 nitrogen and oxygen atoms in total. The lowest BCUT2D eigenvalue weighted by molar-refractivity contribution is 0.414. The number of methoxy groups -OCH3 is 1. The second kappa shape index (κ2) is 9.71. The van der Waals surface area contributed by atoms with Gasteiger partial charge in [0.2, 0.25) is 0 Å². The van der Waals surface area contributed by atoms with E-state index in [1.807, 2.05) is 60.6 Å². The van der Waals surface area contributed by atoms with Crippen LogP contribution in [0.4, 0.5) is 0 Å². The van der Waals surface area contributed by atoms with Gasteiger partial charge in [-0.3, -0.25) is 0 Å². The van der Waals surface area contributed by atoms with Crippen LogP contribution in [0.15, 0.2) is 41.3 Å². The monoisotopic (exact) mass is 524 g/mol. The van der Waals surface area contributed by atoms with Gasteiger partial charge in [-0.2, -0.15) is 8.42 Å². The first-order valence-electron chi connectivity index (χ1n) is 12.5. The van der Waals surface area contributed by atoms with E-state index < -0.39 is 15.5 Å². The number of phenolic OH excluding ortho intramolecular Hbond substituents is 1. The Balaban J connectivity index is 2.45. The lowest BCUT2D eigenvalue weighted by Gasteiger charge is -2.29. The van der Waals surface area contributed by atoms with Gasteiger partial charge < -0.3 is 14.0 Å². The van der Waals surface area contributed by atoms with E-state index in [1.165, 1.54) is 19.2 Å². The van der Waals surface area contributed by atoms with E-state index in [0.717, 1.165) is 33.4 Å². The van der Waals surface area contributed by atoms with Crippen LogP contribution in [0.5, 0.6) is 17.2 Å². The number of benzene rings is 3. The van der Waals surface area contributed by atoms with Gasteiger partial charge in [-0.05, 0) is 85.0 Å². The standard InChI is InChI=1S/C31H40O5S/c1-18-16-24(30(5,6)7)28(32)26(20(18)3)27-21(4)19(2)17-25(31(8,9)10)29(27)36-37(33,34)23-14-12-22(35-11)13-15-23/h12-17,32H,1-11H3. The molecule has 200 valence electrons. The van der Waals surface area contributed by atoms with E-state index in [4.69, 9.17) is 8.92 Å². The smallest absolute Gasteiger partial charge is 0.339 e. The van der Waals surface area contributed by atoms with Crippen LogP contribution in [-0.4, -0.2) is 20.6 Å². The Labute approximate surface area is 222 Å². The van der Waals surface area contributed by atoms with Crippen molar-refractivity contribution in [2.75, 3.05) is 7.11 Å². The molecule has 0 aliphatic heterocycles. The molecule has 0 amide bonds. The Bertz CT molecular complexity index is 1440. The molecule has 3 rings (SSSR count). The van der Waals surface area contributed by atoms with Crippen molar-refractivity contribution in [3.8, 4) is 28.4 Å². The fraction of sp³-hybridized carbons (Fsp3) is 0.419. The summed E-state index contributed by atoms with van der Waals surface area (Å²) in [6.45, 7) is 20.1. The molecule has 0 fully saturated rings. The molecule has 0 heterocycles. The van der Waals surface area contributed by atoms with Gasteiger partial charge in [-0.15, -0.1) is 0 Å². The molecule has 0 spiro atoms. The molecule has 0 unspecified atom stereocenters. The molecule has 0 aliphatic carbocycles. The summed E-state index contributed by atoms with van der Waals surface area (Å²) in [6, 6.07) is 10.1. The predicted molar refractivity (Wildman–Crippen MR) is 151 cm³/mol. The van der Waals surface area contributed by atoms with Crippen LogP contribution in [0.2, 0.25) is 0 Å². The van der Waals surface area contributed by atoms with Crippen LogP contribution in [0.3, 0.4) is 0 Å². The fourth-order valence-electron chi connectivity index (χ4n) is 4.52. The third kappa shape index (κ3) is 5.49. The third-order valence-electron chi connectivity index (χ3n) is 7.03.